The molecule has 0 aliphatic carbocycles. The molecule has 0 saturated carbocycles. The van der Waals surface area contributed by atoms with E-state index in [0.717, 1.165) is 17.7 Å². The fourth-order valence-electron chi connectivity index (χ4n) is 3.94. The van der Waals surface area contributed by atoms with Crippen LogP contribution >= 0.6 is 11.8 Å². The van der Waals surface area contributed by atoms with Gasteiger partial charge in [0.1, 0.15) is 10.3 Å². The summed E-state index contributed by atoms with van der Waals surface area (Å²) >= 11 is 1.38. The third-order valence-corrected chi connectivity index (χ3v) is 6.61. The number of ether oxygens (including phenoxy) is 2. The van der Waals surface area contributed by atoms with Crippen molar-refractivity contribution in [3.8, 4) is 0 Å². The molecule has 2 aromatic carbocycles. The Hall–Kier alpha value is -2.72. The minimum atomic E-state index is -4.40. The molecule has 0 saturated heterocycles. The Kier molecular flexibility index (Phi) is 5.86. The molecule has 2 aliphatic heterocycles. The van der Waals surface area contributed by atoms with E-state index in [0.29, 0.717) is 23.1 Å². The van der Waals surface area contributed by atoms with Crippen molar-refractivity contribution < 1.29 is 27.4 Å². The SMILES string of the molecule is CO[C@@H]1N(C(=O)OC(C)(C)C)c2ccccc2[C@@]12CN=C(Nc1ccc(C(F)(F)F)cc1)S2. The molecule has 33 heavy (non-hydrogen) atoms. The van der Waals surface area contributed by atoms with Gasteiger partial charge in [0.15, 0.2) is 11.4 Å². The number of amides is 1. The summed E-state index contributed by atoms with van der Waals surface area (Å²) < 4.78 is 49.3. The molecule has 4 rings (SSSR count). The molecule has 1 spiro atoms. The van der Waals surface area contributed by atoms with E-state index >= 15 is 0 Å². The number of benzene rings is 2. The predicted molar refractivity (Wildman–Crippen MR) is 123 cm³/mol. The van der Waals surface area contributed by atoms with Gasteiger partial charge in [0.2, 0.25) is 0 Å². The quantitative estimate of drug-likeness (QED) is 0.586. The van der Waals surface area contributed by atoms with E-state index in [2.05, 4.69) is 10.3 Å². The number of thioether (sulfide) groups is 1. The molecule has 0 fully saturated rings. The van der Waals surface area contributed by atoms with E-state index in [1.54, 1.807) is 20.8 Å². The number of methoxy groups -OCH3 is 1. The average Bonchev–Trinajstić information content (AvgIpc) is 3.26. The van der Waals surface area contributed by atoms with Crippen LogP contribution in [0.2, 0.25) is 0 Å². The number of carbonyl (C=O) groups excluding carboxylic acids is 1. The van der Waals surface area contributed by atoms with Gasteiger partial charge in [-0.25, -0.2) is 9.69 Å². The molecule has 2 aromatic rings. The lowest BCUT2D eigenvalue weighted by Crippen LogP contribution is -2.49. The molecule has 0 aromatic heterocycles. The van der Waals surface area contributed by atoms with Crippen LogP contribution in [0.5, 0.6) is 0 Å². The van der Waals surface area contributed by atoms with Crippen molar-refractivity contribution in [1.29, 1.82) is 0 Å². The average molecular weight is 480 g/mol. The van der Waals surface area contributed by atoms with Gasteiger partial charge < -0.3 is 14.8 Å². The van der Waals surface area contributed by atoms with Crippen molar-refractivity contribution >= 4 is 34.4 Å². The number of aliphatic imine (C=N–C) groups is 1. The number of carbonyl (C=O) groups is 1. The maximum absolute atomic E-state index is 13.1. The lowest BCUT2D eigenvalue weighted by Gasteiger charge is -2.33. The van der Waals surface area contributed by atoms with Gasteiger partial charge in [0.05, 0.1) is 17.8 Å². The number of halogens is 3. The van der Waals surface area contributed by atoms with Crippen LogP contribution in [-0.2, 0) is 20.4 Å². The number of rotatable bonds is 2. The van der Waals surface area contributed by atoms with Gasteiger partial charge in [-0.2, -0.15) is 13.2 Å². The first kappa shape index (κ1) is 23.4. The van der Waals surface area contributed by atoms with E-state index in [1.807, 2.05) is 24.3 Å². The molecule has 10 heteroatoms. The molecule has 2 aliphatic rings. The molecule has 0 unspecified atom stereocenters. The van der Waals surface area contributed by atoms with Gasteiger partial charge in [0.25, 0.3) is 0 Å². The Balaban J connectivity index is 1.60. The highest BCUT2D eigenvalue weighted by atomic mass is 32.2. The second kappa shape index (κ2) is 8.25. The minimum absolute atomic E-state index is 0.315. The number of amidine groups is 1. The van der Waals surface area contributed by atoms with Crippen LogP contribution in [0, 0.1) is 0 Å². The highest BCUT2D eigenvalue weighted by molar-refractivity contribution is 8.15. The number of para-hydroxylation sites is 1. The number of hydrogen-bond donors (Lipinski definition) is 1. The smallest absolute Gasteiger partial charge is 0.417 e. The zero-order chi connectivity index (χ0) is 24.0. The molecule has 0 bridgehead atoms. The summed E-state index contributed by atoms with van der Waals surface area (Å²) in [5.74, 6) is 0. The van der Waals surface area contributed by atoms with E-state index in [-0.39, 0.29) is 0 Å². The zero-order valence-electron chi connectivity index (χ0n) is 18.6. The summed E-state index contributed by atoms with van der Waals surface area (Å²) in [6.45, 7) is 5.70. The Bertz CT molecular complexity index is 1080. The van der Waals surface area contributed by atoms with E-state index in [4.69, 9.17) is 9.47 Å². The van der Waals surface area contributed by atoms with Crippen LogP contribution in [-0.4, -0.2) is 36.7 Å². The number of alkyl halides is 3. The summed E-state index contributed by atoms with van der Waals surface area (Å²) in [4.78, 5) is 19.2. The van der Waals surface area contributed by atoms with Crippen LogP contribution in [0.25, 0.3) is 0 Å². The summed E-state index contributed by atoms with van der Waals surface area (Å²) in [7, 11) is 1.53. The molecule has 1 N–H and O–H groups in total. The Morgan fingerprint density at radius 3 is 2.42 bits per heavy atom. The molecule has 1 amide bonds. The minimum Gasteiger partial charge on any atom is -0.443 e. The number of anilines is 2. The van der Waals surface area contributed by atoms with Crippen molar-refractivity contribution in [3.63, 3.8) is 0 Å². The highest BCUT2D eigenvalue weighted by Gasteiger charge is 2.57. The first-order valence-corrected chi connectivity index (χ1v) is 11.1. The number of fused-ring (bicyclic) bond motifs is 2. The lowest BCUT2D eigenvalue weighted by molar-refractivity contribution is -0.137. The summed E-state index contributed by atoms with van der Waals surface area (Å²) in [5.41, 5.74) is 0.630. The van der Waals surface area contributed by atoms with Gasteiger partial charge in [-0.3, -0.25) is 4.99 Å². The van der Waals surface area contributed by atoms with Crippen molar-refractivity contribution in [3.05, 3.63) is 59.7 Å². The van der Waals surface area contributed by atoms with Crippen molar-refractivity contribution in [2.45, 2.75) is 43.5 Å². The maximum atomic E-state index is 13.1. The van der Waals surface area contributed by atoms with Crippen LogP contribution in [0.3, 0.4) is 0 Å². The maximum Gasteiger partial charge on any atom is 0.417 e. The van der Waals surface area contributed by atoms with Crippen LogP contribution < -0.4 is 10.2 Å². The van der Waals surface area contributed by atoms with E-state index in [9.17, 15) is 18.0 Å². The number of nitrogens with one attached hydrogen (secondary N) is 1. The fraction of sp³-hybridized carbons (Fsp3) is 0.391. The zero-order valence-corrected chi connectivity index (χ0v) is 19.4. The normalized spacial score (nSPS) is 22.3. The molecular weight excluding hydrogens is 455 g/mol. The number of nitrogens with zero attached hydrogens (tertiary/aromatic N) is 2. The predicted octanol–water partition coefficient (Wildman–Crippen LogP) is 5.84. The van der Waals surface area contributed by atoms with Crippen LogP contribution in [0.4, 0.5) is 29.3 Å². The Labute approximate surface area is 194 Å². The second-order valence-corrected chi connectivity index (χ2v) is 10.1. The monoisotopic (exact) mass is 479 g/mol. The summed E-state index contributed by atoms with van der Waals surface area (Å²) in [5, 5.41) is 3.61. The molecule has 176 valence electrons. The largest absolute Gasteiger partial charge is 0.443 e. The second-order valence-electron chi connectivity index (χ2n) is 8.77. The number of hydrogen-bond acceptors (Lipinski definition) is 6. The van der Waals surface area contributed by atoms with Crippen LogP contribution in [0.1, 0.15) is 31.9 Å². The Morgan fingerprint density at radius 2 is 1.82 bits per heavy atom. The first-order valence-electron chi connectivity index (χ1n) is 10.3. The van der Waals surface area contributed by atoms with Crippen molar-refractivity contribution in [2.24, 2.45) is 4.99 Å². The molecule has 0 radical (unpaired) electrons. The van der Waals surface area contributed by atoms with Crippen molar-refractivity contribution in [2.75, 3.05) is 23.9 Å². The third-order valence-electron chi connectivity index (χ3n) is 5.27. The standard InChI is InChI=1S/C23H24F3N3O3S/c1-21(2,3)32-20(30)29-17-8-6-5-7-16(17)22(18(29)31-4)13-27-19(33-22)28-15-11-9-14(10-12-15)23(24,25)26/h5-12,18H,13H2,1-4H3,(H,27,28)/t18-,22-/m0/s1. The molecule has 2 heterocycles. The molecular formula is C23H24F3N3O3S. The van der Waals surface area contributed by atoms with Crippen molar-refractivity contribution in [1.82, 2.24) is 0 Å². The molecule has 2 atom stereocenters. The summed E-state index contributed by atoms with van der Waals surface area (Å²) in [6.07, 6.45) is -5.61. The van der Waals surface area contributed by atoms with E-state index in [1.165, 1.54) is 35.9 Å². The van der Waals surface area contributed by atoms with Gasteiger partial charge in [-0.05, 0) is 56.7 Å². The summed E-state index contributed by atoms with van der Waals surface area (Å²) in [6, 6.07) is 12.2. The fourth-order valence-corrected chi connectivity index (χ4v) is 5.29. The van der Waals surface area contributed by atoms with Crippen LogP contribution in [0.15, 0.2) is 53.5 Å². The van der Waals surface area contributed by atoms with E-state index < -0.39 is 34.4 Å². The van der Waals surface area contributed by atoms with Gasteiger partial charge in [-0.1, -0.05) is 30.0 Å². The van der Waals surface area contributed by atoms with Gasteiger partial charge in [0, 0.05) is 12.8 Å². The highest BCUT2D eigenvalue weighted by Crippen LogP contribution is 2.55. The molecule has 6 nitrogen and oxygen atoms in total. The lowest BCUT2D eigenvalue weighted by atomic mass is 9.99. The van der Waals surface area contributed by atoms with Gasteiger partial charge >= 0.3 is 12.3 Å². The topological polar surface area (TPSA) is 63.2 Å². The van der Waals surface area contributed by atoms with Gasteiger partial charge in [-0.15, -0.1) is 0 Å². The first-order chi connectivity index (χ1) is 15.4. The Morgan fingerprint density at radius 1 is 1.15 bits per heavy atom. The third kappa shape index (κ3) is 4.41.